The lowest BCUT2D eigenvalue weighted by Crippen LogP contribution is -2.59. The van der Waals surface area contributed by atoms with Crippen LogP contribution in [0.4, 0.5) is 5.69 Å². The summed E-state index contributed by atoms with van der Waals surface area (Å²) in [5.74, 6) is 6.05. The SMILES string of the molecule is CC#CCc1cn2c(n1)c(N1C[C@@H](CC)N(C(C)c3ccc4nc(C)sc4c3)C[C@@H]1CC)cc(=O)n2C. The highest BCUT2D eigenvalue weighted by Gasteiger charge is 2.36. The number of hydrogen-bond donors (Lipinski definition) is 0. The maximum Gasteiger partial charge on any atom is 0.267 e. The number of benzene rings is 1. The van der Waals surface area contributed by atoms with E-state index in [2.05, 4.69) is 72.5 Å². The first-order chi connectivity index (χ1) is 17.8. The number of imidazole rings is 1. The summed E-state index contributed by atoms with van der Waals surface area (Å²) in [7, 11) is 1.79. The lowest BCUT2D eigenvalue weighted by atomic mass is 9.96. The normalized spacial score (nSPS) is 19.4. The van der Waals surface area contributed by atoms with Gasteiger partial charge in [-0.15, -0.1) is 17.3 Å². The van der Waals surface area contributed by atoms with E-state index in [-0.39, 0.29) is 11.6 Å². The van der Waals surface area contributed by atoms with Crippen molar-refractivity contribution in [3.8, 4) is 11.8 Å². The van der Waals surface area contributed by atoms with Crippen LogP contribution in [0, 0.1) is 18.8 Å². The maximum absolute atomic E-state index is 13.0. The Bertz CT molecular complexity index is 1550. The van der Waals surface area contributed by atoms with Gasteiger partial charge in [-0.3, -0.25) is 9.69 Å². The van der Waals surface area contributed by atoms with E-state index in [1.807, 2.05) is 17.6 Å². The van der Waals surface area contributed by atoms with Crippen LogP contribution in [0.3, 0.4) is 0 Å². The third-order valence-corrected chi connectivity index (χ3v) is 8.74. The Morgan fingerprint density at radius 3 is 2.65 bits per heavy atom. The van der Waals surface area contributed by atoms with Gasteiger partial charge in [-0.25, -0.2) is 19.2 Å². The number of piperazine rings is 1. The Kier molecular flexibility index (Phi) is 7.11. The lowest BCUT2D eigenvalue weighted by molar-refractivity contribution is 0.101. The van der Waals surface area contributed by atoms with Crippen LogP contribution in [0.5, 0.6) is 0 Å². The van der Waals surface area contributed by atoms with Gasteiger partial charge in [-0.2, -0.15) is 0 Å². The molecular formula is C29H36N6OS. The van der Waals surface area contributed by atoms with Gasteiger partial charge in [0.25, 0.3) is 5.56 Å². The zero-order valence-corrected chi connectivity index (χ0v) is 23.5. The van der Waals surface area contributed by atoms with Crippen LogP contribution in [0.25, 0.3) is 15.9 Å². The summed E-state index contributed by atoms with van der Waals surface area (Å²) in [6.45, 7) is 12.5. The number of aryl methyl sites for hydroxylation is 2. The molecule has 3 atom stereocenters. The van der Waals surface area contributed by atoms with Crippen molar-refractivity contribution >= 4 is 32.9 Å². The molecule has 194 valence electrons. The van der Waals surface area contributed by atoms with E-state index in [0.29, 0.717) is 18.5 Å². The summed E-state index contributed by atoms with van der Waals surface area (Å²) in [6.07, 6.45) is 4.54. The molecule has 0 N–H and O–H groups in total. The summed E-state index contributed by atoms with van der Waals surface area (Å²) < 4.78 is 4.77. The minimum absolute atomic E-state index is 0.0279. The molecule has 1 fully saturated rings. The van der Waals surface area contributed by atoms with Crippen LogP contribution in [-0.4, -0.2) is 49.2 Å². The third-order valence-electron chi connectivity index (χ3n) is 7.81. The first-order valence-electron chi connectivity index (χ1n) is 13.2. The predicted molar refractivity (Wildman–Crippen MR) is 153 cm³/mol. The minimum atomic E-state index is -0.0279. The molecule has 0 saturated carbocycles. The number of nitrogens with zero attached hydrogens (tertiary/aromatic N) is 6. The van der Waals surface area contributed by atoms with E-state index in [9.17, 15) is 4.79 Å². The number of aromatic nitrogens is 4. The van der Waals surface area contributed by atoms with Gasteiger partial charge >= 0.3 is 0 Å². The number of hydrogen-bond acceptors (Lipinski definition) is 6. The number of anilines is 1. The molecular weight excluding hydrogens is 480 g/mol. The molecule has 3 aromatic heterocycles. The summed E-state index contributed by atoms with van der Waals surface area (Å²) in [6, 6.07) is 9.43. The molecule has 1 aromatic carbocycles. The second-order valence-corrected chi connectivity index (χ2v) is 11.2. The zero-order valence-electron chi connectivity index (χ0n) is 22.7. The Hall–Kier alpha value is -3.15. The second-order valence-electron chi connectivity index (χ2n) is 10.0. The molecule has 1 unspecified atom stereocenters. The molecule has 7 nitrogen and oxygen atoms in total. The molecule has 37 heavy (non-hydrogen) atoms. The van der Waals surface area contributed by atoms with Crippen molar-refractivity contribution in [2.24, 2.45) is 7.05 Å². The van der Waals surface area contributed by atoms with E-state index >= 15 is 0 Å². The molecule has 1 saturated heterocycles. The topological polar surface area (TPSA) is 58.7 Å². The van der Waals surface area contributed by atoms with Crippen LogP contribution in [0.2, 0.25) is 0 Å². The summed E-state index contributed by atoms with van der Waals surface area (Å²) in [5, 5.41) is 1.11. The van der Waals surface area contributed by atoms with Gasteiger partial charge in [0.2, 0.25) is 0 Å². The van der Waals surface area contributed by atoms with E-state index in [1.165, 1.54) is 10.3 Å². The average Bonchev–Trinajstić information content (AvgIpc) is 3.50. The van der Waals surface area contributed by atoms with Crippen molar-refractivity contribution in [1.82, 2.24) is 24.1 Å². The maximum atomic E-state index is 13.0. The van der Waals surface area contributed by atoms with Crippen molar-refractivity contribution in [2.45, 2.75) is 72.0 Å². The molecule has 0 radical (unpaired) electrons. The molecule has 5 rings (SSSR count). The van der Waals surface area contributed by atoms with Gasteiger partial charge in [0.15, 0.2) is 5.65 Å². The summed E-state index contributed by atoms with van der Waals surface area (Å²) in [5.41, 5.74) is 5.04. The van der Waals surface area contributed by atoms with Gasteiger partial charge in [0.05, 0.1) is 39.2 Å². The van der Waals surface area contributed by atoms with Crippen molar-refractivity contribution in [3.05, 3.63) is 57.1 Å². The molecule has 1 aliphatic heterocycles. The monoisotopic (exact) mass is 516 g/mol. The minimum Gasteiger partial charge on any atom is -0.362 e. The molecule has 4 aromatic rings. The Morgan fingerprint density at radius 2 is 1.92 bits per heavy atom. The van der Waals surface area contributed by atoms with Gasteiger partial charge in [-0.05, 0) is 51.3 Å². The van der Waals surface area contributed by atoms with Gasteiger partial charge in [-0.1, -0.05) is 25.8 Å². The fourth-order valence-electron chi connectivity index (χ4n) is 5.64. The zero-order chi connectivity index (χ0) is 26.3. The van der Waals surface area contributed by atoms with E-state index in [4.69, 9.17) is 4.98 Å². The van der Waals surface area contributed by atoms with Crippen LogP contribution in [0.1, 0.15) is 62.8 Å². The highest BCUT2D eigenvalue weighted by atomic mass is 32.1. The van der Waals surface area contributed by atoms with Crippen molar-refractivity contribution in [2.75, 3.05) is 18.0 Å². The first-order valence-corrected chi connectivity index (χ1v) is 14.0. The van der Waals surface area contributed by atoms with Crippen LogP contribution >= 0.6 is 11.3 Å². The molecule has 8 heteroatoms. The summed E-state index contributed by atoms with van der Waals surface area (Å²) in [4.78, 5) is 27.6. The van der Waals surface area contributed by atoms with Crippen LogP contribution in [-0.2, 0) is 13.5 Å². The predicted octanol–water partition coefficient (Wildman–Crippen LogP) is 4.96. The van der Waals surface area contributed by atoms with Gasteiger partial charge < -0.3 is 4.90 Å². The van der Waals surface area contributed by atoms with Crippen LogP contribution < -0.4 is 10.5 Å². The van der Waals surface area contributed by atoms with Gasteiger partial charge in [0.1, 0.15) is 0 Å². The quantitative estimate of drug-likeness (QED) is 0.339. The number of fused-ring (bicyclic) bond motifs is 2. The standard InChI is InChI=1S/C29H36N6OS/c1-7-10-11-22-16-35-29(31-22)26(15-28(36)32(35)6)34-18-23(8-2)33(17-24(34)9-3)19(4)21-12-13-25-27(14-21)37-20(5)30-25/h12-16,19,23-24H,8-9,11,17-18H2,1-6H3/t19?,23-,24+/m1/s1. The largest absolute Gasteiger partial charge is 0.362 e. The molecule has 0 bridgehead atoms. The first kappa shape index (κ1) is 25.5. The number of rotatable bonds is 6. The molecule has 0 spiro atoms. The molecule has 1 aliphatic rings. The molecule has 0 aliphatic carbocycles. The summed E-state index contributed by atoms with van der Waals surface area (Å²) >= 11 is 1.76. The van der Waals surface area contributed by atoms with Crippen LogP contribution in [0.15, 0.2) is 35.3 Å². The van der Waals surface area contributed by atoms with E-state index in [0.717, 1.165) is 53.5 Å². The van der Waals surface area contributed by atoms with Crippen molar-refractivity contribution in [1.29, 1.82) is 0 Å². The second kappa shape index (κ2) is 10.3. The van der Waals surface area contributed by atoms with Gasteiger partial charge in [0, 0.05) is 44.3 Å². The lowest BCUT2D eigenvalue weighted by Gasteiger charge is -2.49. The highest BCUT2D eigenvalue weighted by Crippen LogP contribution is 2.34. The molecule has 4 heterocycles. The smallest absolute Gasteiger partial charge is 0.267 e. The average molecular weight is 517 g/mol. The fraction of sp³-hybridized carbons (Fsp3) is 0.483. The molecule has 0 amide bonds. The van der Waals surface area contributed by atoms with Crippen molar-refractivity contribution in [3.63, 3.8) is 0 Å². The fourth-order valence-corrected chi connectivity index (χ4v) is 6.52. The number of thiazole rings is 1. The van der Waals surface area contributed by atoms with E-state index in [1.54, 1.807) is 29.1 Å². The highest BCUT2D eigenvalue weighted by molar-refractivity contribution is 7.18. The van der Waals surface area contributed by atoms with Crippen molar-refractivity contribution < 1.29 is 0 Å². The van der Waals surface area contributed by atoms with E-state index < -0.39 is 0 Å². The Balaban J connectivity index is 1.50. The Morgan fingerprint density at radius 1 is 1.14 bits per heavy atom. The third kappa shape index (κ3) is 4.67. The Labute approximate surface area is 222 Å².